The average Bonchev–Trinajstić information content (AvgIpc) is 2.90. The van der Waals surface area contributed by atoms with Crippen LogP contribution in [0.4, 0.5) is 0 Å². The maximum Gasteiger partial charge on any atom is 0.238 e. The summed E-state index contributed by atoms with van der Waals surface area (Å²) in [6, 6.07) is 0. The molecule has 1 amide bonds. The first-order valence-corrected chi connectivity index (χ1v) is 5.31. The van der Waals surface area contributed by atoms with Crippen LogP contribution in [-0.2, 0) is 4.79 Å². The molecule has 0 aromatic rings. The molecule has 0 aromatic heterocycles. The van der Waals surface area contributed by atoms with Gasteiger partial charge in [0, 0.05) is 6.54 Å². The summed E-state index contributed by atoms with van der Waals surface area (Å²) in [6.07, 6.45) is 3.05. The van der Waals surface area contributed by atoms with Crippen molar-refractivity contribution in [1.29, 1.82) is 0 Å². The minimum absolute atomic E-state index is 0.321. The van der Waals surface area contributed by atoms with Gasteiger partial charge >= 0.3 is 0 Å². The van der Waals surface area contributed by atoms with E-state index in [1.165, 1.54) is 12.8 Å². The molecule has 0 spiro atoms. The maximum atomic E-state index is 11.6. The molecule has 1 atom stereocenters. The second-order valence-electron chi connectivity index (χ2n) is 3.99. The van der Waals surface area contributed by atoms with E-state index >= 15 is 0 Å². The summed E-state index contributed by atoms with van der Waals surface area (Å²) in [4.78, 5) is 16.0. The van der Waals surface area contributed by atoms with Crippen molar-refractivity contribution in [2.24, 2.45) is 5.92 Å². The van der Waals surface area contributed by atoms with E-state index < -0.39 is 0 Å². The molecule has 1 aliphatic heterocycles. The molecule has 0 aromatic carbocycles. The topological polar surface area (TPSA) is 23.6 Å². The lowest BCUT2D eigenvalue weighted by atomic mass is 10.3. The largest absolute Gasteiger partial charge is 0.326 e. The highest BCUT2D eigenvalue weighted by molar-refractivity contribution is 5.80. The molecule has 74 valence electrons. The second-order valence-corrected chi connectivity index (χ2v) is 3.99. The standard InChI is InChI=1S/C10H18N2O/c1-3-11-7-9(13)12(4-2)10(11)8-5-6-8/h8,10H,3-7H2,1-2H3. The molecule has 3 heteroatoms. The van der Waals surface area contributed by atoms with Crippen LogP contribution in [-0.4, -0.2) is 41.5 Å². The Morgan fingerprint density at radius 1 is 1.31 bits per heavy atom. The number of amides is 1. The summed E-state index contributed by atoms with van der Waals surface area (Å²) < 4.78 is 0. The van der Waals surface area contributed by atoms with Gasteiger partial charge in [-0.05, 0) is 32.2 Å². The number of rotatable bonds is 3. The lowest BCUT2D eigenvalue weighted by molar-refractivity contribution is -0.128. The fourth-order valence-electron chi connectivity index (χ4n) is 2.31. The third kappa shape index (κ3) is 1.46. The van der Waals surface area contributed by atoms with Crippen LogP contribution < -0.4 is 0 Å². The molecule has 2 rings (SSSR count). The highest BCUT2D eigenvalue weighted by atomic mass is 16.2. The number of carbonyl (C=O) groups is 1. The first-order valence-electron chi connectivity index (χ1n) is 5.31. The SMILES string of the molecule is CCN1CC(=O)N(CC)C1C1CC1. The number of carbonyl (C=O) groups excluding carboxylic acids is 1. The van der Waals surface area contributed by atoms with E-state index in [1.807, 2.05) is 4.90 Å². The highest BCUT2D eigenvalue weighted by Gasteiger charge is 2.44. The van der Waals surface area contributed by atoms with Crippen molar-refractivity contribution in [2.45, 2.75) is 32.9 Å². The fourth-order valence-corrected chi connectivity index (χ4v) is 2.31. The Labute approximate surface area is 79.7 Å². The molecule has 1 unspecified atom stereocenters. The average molecular weight is 182 g/mol. The van der Waals surface area contributed by atoms with Crippen molar-refractivity contribution >= 4 is 5.91 Å². The van der Waals surface area contributed by atoms with E-state index in [1.54, 1.807) is 0 Å². The van der Waals surface area contributed by atoms with E-state index in [0.717, 1.165) is 19.0 Å². The lowest BCUT2D eigenvalue weighted by Gasteiger charge is -2.28. The Bertz CT molecular complexity index is 213. The normalized spacial score (nSPS) is 30.2. The summed E-state index contributed by atoms with van der Waals surface area (Å²) in [5, 5.41) is 0. The summed E-state index contributed by atoms with van der Waals surface area (Å²) in [5.41, 5.74) is 0. The van der Waals surface area contributed by atoms with E-state index in [-0.39, 0.29) is 0 Å². The van der Waals surface area contributed by atoms with Gasteiger partial charge in [0.15, 0.2) is 0 Å². The van der Waals surface area contributed by atoms with Crippen LogP contribution in [0.2, 0.25) is 0 Å². The summed E-state index contributed by atoms with van der Waals surface area (Å²) >= 11 is 0. The minimum atomic E-state index is 0.321. The number of hydrogen-bond acceptors (Lipinski definition) is 2. The van der Waals surface area contributed by atoms with Crippen LogP contribution in [0.3, 0.4) is 0 Å². The fraction of sp³-hybridized carbons (Fsp3) is 0.900. The molecule has 2 fully saturated rings. The molecule has 1 heterocycles. The molecule has 0 N–H and O–H groups in total. The number of nitrogens with zero attached hydrogens (tertiary/aromatic N) is 2. The van der Waals surface area contributed by atoms with Crippen LogP contribution in [0.15, 0.2) is 0 Å². The number of likely N-dealkylation sites (N-methyl/N-ethyl adjacent to an activating group) is 2. The van der Waals surface area contributed by atoms with Crippen molar-refractivity contribution in [1.82, 2.24) is 9.80 Å². The van der Waals surface area contributed by atoms with E-state index in [2.05, 4.69) is 18.7 Å². The van der Waals surface area contributed by atoms with Gasteiger partial charge in [-0.3, -0.25) is 9.69 Å². The molecule has 13 heavy (non-hydrogen) atoms. The van der Waals surface area contributed by atoms with Crippen molar-refractivity contribution in [3.05, 3.63) is 0 Å². The van der Waals surface area contributed by atoms with Crippen molar-refractivity contribution in [2.75, 3.05) is 19.6 Å². The van der Waals surface area contributed by atoms with Crippen LogP contribution >= 0.6 is 0 Å². The van der Waals surface area contributed by atoms with Crippen molar-refractivity contribution in [3.8, 4) is 0 Å². The first kappa shape index (κ1) is 9.00. The Hall–Kier alpha value is -0.570. The van der Waals surface area contributed by atoms with Crippen LogP contribution in [0, 0.1) is 5.92 Å². The molecule has 1 saturated carbocycles. The Balaban J connectivity index is 2.11. The molecule has 1 aliphatic carbocycles. The van der Waals surface area contributed by atoms with Crippen LogP contribution in [0.5, 0.6) is 0 Å². The quantitative estimate of drug-likeness (QED) is 0.647. The van der Waals surface area contributed by atoms with Gasteiger partial charge in [-0.1, -0.05) is 6.92 Å². The van der Waals surface area contributed by atoms with E-state index in [9.17, 15) is 4.79 Å². The molecule has 3 nitrogen and oxygen atoms in total. The van der Waals surface area contributed by atoms with Crippen LogP contribution in [0.25, 0.3) is 0 Å². The molecule has 2 aliphatic rings. The second kappa shape index (κ2) is 3.29. The smallest absolute Gasteiger partial charge is 0.238 e. The van der Waals surface area contributed by atoms with Gasteiger partial charge in [-0.2, -0.15) is 0 Å². The zero-order valence-corrected chi connectivity index (χ0v) is 8.49. The maximum absolute atomic E-state index is 11.6. The molecule has 0 radical (unpaired) electrons. The molecular weight excluding hydrogens is 164 g/mol. The van der Waals surface area contributed by atoms with Gasteiger partial charge in [0.2, 0.25) is 5.91 Å². The van der Waals surface area contributed by atoms with Crippen molar-refractivity contribution in [3.63, 3.8) is 0 Å². The van der Waals surface area contributed by atoms with Gasteiger partial charge in [-0.25, -0.2) is 0 Å². The summed E-state index contributed by atoms with van der Waals surface area (Å²) in [5.74, 6) is 1.09. The highest BCUT2D eigenvalue weighted by Crippen LogP contribution is 2.39. The monoisotopic (exact) mass is 182 g/mol. The Kier molecular flexibility index (Phi) is 2.28. The van der Waals surface area contributed by atoms with Gasteiger partial charge < -0.3 is 4.90 Å². The summed E-state index contributed by atoms with van der Waals surface area (Å²) in [7, 11) is 0. The summed E-state index contributed by atoms with van der Waals surface area (Å²) in [6.45, 7) is 6.74. The third-order valence-electron chi connectivity index (χ3n) is 3.14. The Morgan fingerprint density at radius 2 is 2.00 bits per heavy atom. The van der Waals surface area contributed by atoms with Gasteiger partial charge in [-0.15, -0.1) is 0 Å². The van der Waals surface area contributed by atoms with Crippen LogP contribution in [0.1, 0.15) is 26.7 Å². The Morgan fingerprint density at radius 3 is 2.46 bits per heavy atom. The van der Waals surface area contributed by atoms with E-state index in [4.69, 9.17) is 0 Å². The first-order chi connectivity index (χ1) is 6.27. The zero-order valence-electron chi connectivity index (χ0n) is 8.49. The van der Waals surface area contributed by atoms with Gasteiger partial charge in [0.05, 0.1) is 12.7 Å². The third-order valence-corrected chi connectivity index (χ3v) is 3.14. The molecule has 0 bridgehead atoms. The number of hydrogen-bond donors (Lipinski definition) is 0. The lowest BCUT2D eigenvalue weighted by Crippen LogP contribution is -2.41. The predicted octanol–water partition coefficient (Wildman–Crippen LogP) is 0.906. The molecular formula is C10H18N2O. The van der Waals surface area contributed by atoms with Gasteiger partial charge in [0.25, 0.3) is 0 Å². The van der Waals surface area contributed by atoms with Crippen molar-refractivity contribution < 1.29 is 4.79 Å². The zero-order chi connectivity index (χ0) is 9.42. The predicted molar refractivity (Wildman–Crippen MR) is 51.1 cm³/mol. The minimum Gasteiger partial charge on any atom is -0.326 e. The molecule has 1 saturated heterocycles. The van der Waals surface area contributed by atoms with E-state index in [0.29, 0.717) is 18.6 Å². The van der Waals surface area contributed by atoms with Gasteiger partial charge in [0.1, 0.15) is 0 Å².